The standard InChI is InChI=1S/C20H24N4O2/c1-4-15-12(2)22-17-8-6-5-7-16(17)18(15)21-11-14-9-10-25-19(14)20-23-13(3)24-26-20/h5-8,14,19H,4,9-11H2,1-3H3,(H,21,22)/t14-,19-/m0/s1. The summed E-state index contributed by atoms with van der Waals surface area (Å²) in [6.45, 7) is 7.60. The molecule has 0 bridgehead atoms. The molecular formula is C20H24N4O2. The van der Waals surface area contributed by atoms with Gasteiger partial charge in [-0.1, -0.05) is 30.3 Å². The lowest BCUT2D eigenvalue weighted by atomic mass is 9.99. The lowest BCUT2D eigenvalue weighted by Crippen LogP contribution is -2.19. The average Bonchev–Trinajstić information content (AvgIpc) is 3.27. The molecule has 1 saturated heterocycles. The van der Waals surface area contributed by atoms with Crippen molar-refractivity contribution in [1.82, 2.24) is 15.1 Å². The second kappa shape index (κ2) is 7.03. The molecular weight excluding hydrogens is 328 g/mol. The molecule has 136 valence electrons. The van der Waals surface area contributed by atoms with E-state index in [4.69, 9.17) is 14.2 Å². The van der Waals surface area contributed by atoms with E-state index in [1.165, 1.54) is 16.6 Å². The third-order valence-corrected chi connectivity index (χ3v) is 5.10. The number of aryl methyl sites for hydroxylation is 2. The maximum atomic E-state index is 5.87. The van der Waals surface area contributed by atoms with E-state index in [0.717, 1.165) is 37.2 Å². The molecule has 0 aliphatic carbocycles. The lowest BCUT2D eigenvalue weighted by molar-refractivity contribution is 0.0650. The largest absolute Gasteiger partial charge is 0.384 e. The van der Waals surface area contributed by atoms with Crippen molar-refractivity contribution >= 4 is 16.6 Å². The van der Waals surface area contributed by atoms with Gasteiger partial charge in [0.25, 0.3) is 5.89 Å². The molecule has 1 N–H and O–H groups in total. The van der Waals surface area contributed by atoms with Gasteiger partial charge in [-0.05, 0) is 38.3 Å². The second-order valence-corrected chi connectivity index (χ2v) is 6.82. The summed E-state index contributed by atoms with van der Waals surface area (Å²) in [6.07, 6.45) is 1.78. The van der Waals surface area contributed by atoms with Crippen LogP contribution in [0.3, 0.4) is 0 Å². The van der Waals surface area contributed by atoms with Gasteiger partial charge in [-0.2, -0.15) is 4.98 Å². The monoisotopic (exact) mass is 352 g/mol. The molecule has 6 nitrogen and oxygen atoms in total. The number of pyridine rings is 1. The molecule has 0 amide bonds. The van der Waals surface area contributed by atoms with E-state index >= 15 is 0 Å². The molecule has 3 heterocycles. The number of ether oxygens (including phenoxy) is 1. The predicted molar refractivity (Wildman–Crippen MR) is 100 cm³/mol. The zero-order valence-corrected chi connectivity index (χ0v) is 15.5. The quantitative estimate of drug-likeness (QED) is 0.748. The molecule has 1 fully saturated rings. The van der Waals surface area contributed by atoms with Crippen LogP contribution in [0.15, 0.2) is 28.8 Å². The van der Waals surface area contributed by atoms with Crippen LogP contribution in [-0.2, 0) is 11.2 Å². The number of nitrogens with one attached hydrogen (secondary N) is 1. The van der Waals surface area contributed by atoms with Gasteiger partial charge in [0.1, 0.15) is 6.10 Å². The molecule has 0 spiro atoms. The molecule has 0 radical (unpaired) electrons. The lowest BCUT2D eigenvalue weighted by Gasteiger charge is -2.20. The Kier molecular flexibility index (Phi) is 4.59. The molecule has 2 atom stereocenters. The van der Waals surface area contributed by atoms with Gasteiger partial charge in [-0.25, -0.2) is 0 Å². The molecule has 2 aromatic heterocycles. The van der Waals surface area contributed by atoms with Crippen molar-refractivity contribution in [2.24, 2.45) is 5.92 Å². The third-order valence-electron chi connectivity index (χ3n) is 5.10. The van der Waals surface area contributed by atoms with Gasteiger partial charge < -0.3 is 14.6 Å². The fraction of sp³-hybridized carbons (Fsp3) is 0.450. The number of para-hydroxylation sites is 1. The number of anilines is 1. The fourth-order valence-electron chi connectivity index (χ4n) is 3.79. The van der Waals surface area contributed by atoms with Gasteiger partial charge >= 0.3 is 0 Å². The third kappa shape index (κ3) is 3.05. The SMILES string of the molecule is CCc1c(C)nc2ccccc2c1NC[C@@H]1CCO[C@@H]1c1nc(C)no1. The van der Waals surface area contributed by atoms with E-state index in [1.54, 1.807) is 0 Å². The Bertz CT molecular complexity index is 921. The van der Waals surface area contributed by atoms with E-state index in [0.29, 0.717) is 17.6 Å². The van der Waals surface area contributed by atoms with Crippen LogP contribution in [-0.4, -0.2) is 28.3 Å². The molecule has 1 aliphatic heterocycles. The van der Waals surface area contributed by atoms with Crippen molar-refractivity contribution < 1.29 is 9.26 Å². The number of hydrogen-bond acceptors (Lipinski definition) is 6. The van der Waals surface area contributed by atoms with Crippen LogP contribution >= 0.6 is 0 Å². The Hall–Kier alpha value is -2.47. The predicted octanol–water partition coefficient (Wildman–Crippen LogP) is 3.99. The molecule has 1 aliphatic rings. The van der Waals surface area contributed by atoms with Gasteiger partial charge in [0.2, 0.25) is 0 Å². The maximum Gasteiger partial charge on any atom is 0.256 e. The highest BCUT2D eigenvalue weighted by atomic mass is 16.5. The number of aromatic nitrogens is 3. The summed E-state index contributed by atoms with van der Waals surface area (Å²) in [7, 11) is 0. The number of hydrogen-bond donors (Lipinski definition) is 1. The van der Waals surface area contributed by atoms with Crippen LogP contribution in [0, 0.1) is 19.8 Å². The van der Waals surface area contributed by atoms with E-state index in [2.05, 4.69) is 47.5 Å². The number of fused-ring (bicyclic) bond motifs is 1. The van der Waals surface area contributed by atoms with Gasteiger partial charge in [-0.3, -0.25) is 4.98 Å². The number of benzene rings is 1. The number of rotatable bonds is 5. The maximum absolute atomic E-state index is 5.87. The first kappa shape index (κ1) is 17.0. The topological polar surface area (TPSA) is 73.1 Å². The van der Waals surface area contributed by atoms with Gasteiger partial charge in [0, 0.05) is 35.8 Å². The molecule has 4 rings (SSSR count). The summed E-state index contributed by atoms with van der Waals surface area (Å²) in [5.74, 6) is 1.52. The Balaban J connectivity index is 1.61. The van der Waals surface area contributed by atoms with Crippen molar-refractivity contribution in [3.05, 3.63) is 47.2 Å². The van der Waals surface area contributed by atoms with Crippen LogP contribution in [0.25, 0.3) is 10.9 Å². The second-order valence-electron chi connectivity index (χ2n) is 6.82. The first-order valence-electron chi connectivity index (χ1n) is 9.21. The first-order valence-corrected chi connectivity index (χ1v) is 9.21. The molecule has 3 aromatic rings. The number of nitrogens with zero attached hydrogens (tertiary/aromatic N) is 3. The smallest absolute Gasteiger partial charge is 0.256 e. The van der Waals surface area contributed by atoms with E-state index < -0.39 is 0 Å². The molecule has 1 aromatic carbocycles. The minimum absolute atomic E-state index is 0.136. The molecule has 26 heavy (non-hydrogen) atoms. The van der Waals surface area contributed by atoms with Crippen LogP contribution in [0.5, 0.6) is 0 Å². The van der Waals surface area contributed by atoms with Crippen molar-refractivity contribution in [3.63, 3.8) is 0 Å². The van der Waals surface area contributed by atoms with Crippen molar-refractivity contribution in [2.45, 2.75) is 39.7 Å². The first-order chi connectivity index (χ1) is 12.7. The van der Waals surface area contributed by atoms with Crippen molar-refractivity contribution in [2.75, 3.05) is 18.5 Å². The average molecular weight is 352 g/mol. The van der Waals surface area contributed by atoms with Crippen LogP contribution in [0.2, 0.25) is 0 Å². The highest BCUT2D eigenvalue weighted by molar-refractivity contribution is 5.93. The highest BCUT2D eigenvalue weighted by Gasteiger charge is 2.34. The molecule has 0 unspecified atom stereocenters. The summed E-state index contributed by atoms with van der Waals surface area (Å²) in [4.78, 5) is 9.11. The minimum Gasteiger partial charge on any atom is -0.384 e. The summed E-state index contributed by atoms with van der Waals surface area (Å²) >= 11 is 0. The Morgan fingerprint density at radius 3 is 2.81 bits per heavy atom. The summed E-state index contributed by atoms with van der Waals surface area (Å²) in [5, 5.41) is 8.75. The summed E-state index contributed by atoms with van der Waals surface area (Å²) < 4.78 is 11.2. The van der Waals surface area contributed by atoms with Gasteiger partial charge in [-0.15, -0.1) is 0 Å². The van der Waals surface area contributed by atoms with Crippen LogP contribution in [0.1, 0.15) is 42.4 Å². The van der Waals surface area contributed by atoms with E-state index in [1.807, 2.05) is 13.0 Å². The van der Waals surface area contributed by atoms with Crippen LogP contribution in [0.4, 0.5) is 5.69 Å². The zero-order chi connectivity index (χ0) is 18.1. The van der Waals surface area contributed by atoms with Crippen molar-refractivity contribution in [3.8, 4) is 0 Å². The highest BCUT2D eigenvalue weighted by Crippen LogP contribution is 2.35. The van der Waals surface area contributed by atoms with Gasteiger partial charge in [0.05, 0.1) is 5.52 Å². The van der Waals surface area contributed by atoms with Gasteiger partial charge in [0.15, 0.2) is 5.82 Å². The molecule has 6 heteroatoms. The van der Waals surface area contributed by atoms with E-state index in [9.17, 15) is 0 Å². The zero-order valence-electron chi connectivity index (χ0n) is 15.5. The minimum atomic E-state index is -0.136. The Morgan fingerprint density at radius 1 is 1.19 bits per heavy atom. The summed E-state index contributed by atoms with van der Waals surface area (Å²) in [5.41, 5.74) is 4.56. The summed E-state index contributed by atoms with van der Waals surface area (Å²) in [6, 6.07) is 8.29. The molecule has 0 saturated carbocycles. The Morgan fingerprint density at radius 2 is 2.04 bits per heavy atom. The normalized spacial score (nSPS) is 20.0. The van der Waals surface area contributed by atoms with Crippen LogP contribution < -0.4 is 5.32 Å². The van der Waals surface area contributed by atoms with Crippen molar-refractivity contribution in [1.29, 1.82) is 0 Å². The van der Waals surface area contributed by atoms with E-state index in [-0.39, 0.29) is 6.10 Å². The Labute approximate surface area is 153 Å². The fourth-order valence-corrected chi connectivity index (χ4v) is 3.79.